The maximum absolute atomic E-state index is 9.64. The highest BCUT2D eigenvalue weighted by Crippen LogP contribution is 2.21. The molecule has 0 unspecified atom stereocenters. The molecule has 2 rings (SSSR count). The molecule has 0 spiro atoms. The van der Waals surface area contributed by atoms with Crippen molar-refractivity contribution in [2.45, 2.75) is 6.42 Å². The molecular weight excluding hydrogens is 218 g/mol. The number of nitrogen functional groups attached to an aromatic ring is 1. The molecule has 3 N–H and O–H groups in total. The Kier molecular flexibility index (Phi) is 3.09. The van der Waals surface area contributed by atoms with Crippen LogP contribution in [0.2, 0.25) is 0 Å². The lowest BCUT2D eigenvalue weighted by molar-refractivity contribution is 0.393. The molecule has 88 valence electrons. The molecule has 0 aliphatic rings. The van der Waals surface area contributed by atoms with E-state index in [2.05, 4.69) is 10.2 Å². The molecule has 17 heavy (non-hydrogen) atoms. The number of aromatic nitrogens is 2. The second kappa shape index (κ2) is 4.69. The van der Waals surface area contributed by atoms with Gasteiger partial charge < -0.3 is 15.6 Å². The third-order valence-corrected chi connectivity index (χ3v) is 2.39. The zero-order valence-electron chi connectivity index (χ0n) is 9.42. The Hall–Kier alpha value is -2.30. The second-order valence-electron chi connectivity index (χ2n) is 3.61. The van der Waals surface area contributed by atoms with E-state index < -0.39 is 0 Å². The van der Waals surface area contributed by atoms with E-state index in [1.165, 1.54) is 7.11 Å². The van der Waals surface area contributed by atoms with Gasteiger partial charge in [-0.3, -0.25) is 0 Å². The molecule has 0 aliphatic carbocycles. The van der Waals surface area contributed by atoms with Crippen LogP contribution in [0.5, 0.6) is 11.6 Å². The van der Waals surface area contributed by atoms with Crippen molar-refractivity contribution in [2.75, 3.05) is 12.8 Å². The molecule has 0 amide bonds. The van der Waals surface area contributed by atoms with E-state index in [1.54, 1.807) is 18.2 Å². The van der Waals surface area contributed by atoms with Gasteiger partial charge in [0.25, 0.3) is 5.88 Å². The van der Waals surface area contributed by atoms with Crippen molar-refractivity contribution in [2.24, 2.45) is 0 Å². The van der Waals surface area contributed by atoms with Gasteiger partial charge >= 0.3 is 0 Å². The third kappa shape index (κ3) is 2.44. The summed E-state index contributed by atoms with van der Waals surface area (Å²) in [7, 11) is 1.49. The van der Waals surface area contributed by atoms with Crippen molar-refractivity contribution >= 4 is 5.69 Å². The molecule has 0 aliphatic heterocycles. The number of para-hydroxylation sites is 1. The first-order valence-electron chi connectivity index (χ1n) is 5.13. The van der Waals surface area contributed by atoms with Crippen molar-refractivity contribution in [1.29, 1.82) is 0 Å². The van der Waals surface area contributed by atoms with Gasteiger partial charge in [-0.2, -0.15) is 5.10 Å². The van der Waals surface area contributed by atoms with Crippen LogP contribution in [0.25, 0.3) is 0 Å². The van der Waals surface area contributed by atoms with Gasteiger partial charge in [0.15, 0.2) is 0 Å². The monoisotopic (exact) mass is 231 g/mol. The first-order chi connectivity index (χ1) is 8.20. The summed E-state index contributed by atoms with van der Waals surface area (Å²) in [4.78, 5) is 0. The average Bonchev–Trinajstić information content (AvgIpc) is 2.32. The topological polar surface area (TPSA) is 81.3 Å². The van der Waals surface area contributed by atoms with Crippen LogP contribution in [0, 0.1) is 0 Å². The summed E-state index contributed by atoms with van der Waals surface area (Å²) in [6, 6.07) is 8.79. The van der Waals surface area contributed by atoms with Crippen LogP contribution < -0.4 is 10.5 Å². The Bertz CT molecular complexity index is 529. The summed E-state index contributed by atoms with van der Waals surface area (Å²) in [6.07, 6.45) is 0.480. The van der Waals surface area contributed by atoms with Crippen LogP contribution in [-0.2, 0) is 6.42 Å². The molecule has 0 saturated heterocycles. The van der Waals surface area contributed by atoms with E-state index in [-0.39, 0.29) is 5.75 Å². The molecule has 5 nitrogen and oxygen atoms in total. The maximum Gasteiger partial charge on any atom is 0.256 e. The molecule has 0 atom stereocenters. The Morgan fingerprint density at radius 2 is 2.06 bits per heavy atom. The fraction of sp³-hybridized carbons (Fsp3) is 0.167. The van der Waals surface area contributed by atoms with Crippen LogP contribution in [0.1, 0.15) is 11.3 Å². The molecule has 1 heterocycles. The number of nitrogens with two attached hydrogens (primary N) is 1. The number of rotatable bonds is 3. The summed E-state index contributed by atoms with van der Waals surface area (Å²) in [5.74, 6) is 0.551. The van der Waals surface area contributed by atoms with Crippen molar-refractivity contribution in [3.05, 3.63) is 41.6 Å². The minimum atomic E-state index is 0.240. The number of hydrogen-bond donors (Lipinski definition) is 2. The molecular formula is C12H13N3O2. The predicted molar refractivity (Wildman–Crippen MR) is 63.9 cm³/mol. The number of methoxy groups -OCH3 is 1. The van der Waals surface area contributed by atoms with E-state index >= 15 is 0 Å². The van der Waals surface area contributed by atoms with Crippen LogP contribution in [0.4, 0.5) is 5.69 Å². The predicted octanol–water partition coefficient (Wildman–Crippen LogP) is 1.36. The smallest absolute Gasteiger partial charge is 0.256 e. The summed E-state index contributed by atoms with van der Waals surface area (Å²) < 4.78 is 4.93. The van der Waals surface area contributed by atoms with Gasteiger partial charge in [-0.1, -0.05) is 18.2 Å². The normalized spacial score (nSPS) is 10.2. The summed E-state index contributed by atoms with van der Waals surface area (Å²) in [5, 5.41) is 17.5. The lowest BCUT2D eigenvalue weighted by Crippen LogP contribution is -2.01. The highest BCUT2D eigenvalue weighted by atomic mass is 16.5. The van der Waals surface area contributed by atoms with Crippen molar-refractivity contribution in [3.8, 4) is 11.6 Å². The highest BCUT2D eigenvalue weighted by Gasteiger charge is 2.07. The number of phenols is 1. The molecule has 1 aromatic carbocycles. The van der Waals surface area contributed by atoms with Crippen molar-refractivity contribution in [3.63, 3.8) is 0 Å². The molecule has 0 saturated carbocycles. The first-order valence-corrected chi connectivity index (χ1v) is 5.13. The fourth-order valence-corrected chi connectivity index (χ4v) is 1.54. The standard InChI is InChI=1S/C12H13N3O2/c1-17-12-10(13)7-9(14-15-12)6-8-4-2-3-5-11(8)16/h2-5,7,16H,6H2,1H3,(H2,13,14). The summed E-state index contributed by atoms with van der Waals surface area (Å²) in [6.45, 7) is 0. The highest BCUT2D eigenvalue weighted by molar-refractivity contribution is 5.48. The van der Waals surface area contributed by atoms with E-state index in [1.807, 2.05) is 12.1 Å². The lowest BCUT2D eigenvalue weighted by atomic mass is 10.1. The van der Waals surface area contributed by atoms with Crippen LogP contribution >= 0.6 is 0 Å². The number of ether oxygens (including phenoxy) is 1. The number of hydrogen-bond acceptors (Lipinski definition) is 5. The number of aromatic hydroxyl groups is 1. The summed E-state index contributed by atoms with van der Waals surface area (Å²) in [5.41, 5.74) is 7.64. The Morgan fingerprint density at radius 1 is 1.29 bits per heavy atom. The third-order valence-electron chi connectivity index (χ3n) is 2.39. The maximum atomic E-state index is 9.64. The fourth-order valence-electron chi connectivity index (χ4n) is 1.54. The Labute approximate surface area is 98.9 Å². The van der Waals surface area contributed by atoms with E-state index in [4.69, 9.17) is 10.5 Å². The lowest BCUT2D eigenvalue weighted by Gasteiger charge is -2.06. The molecule has 2 aromatic rings. The molecule has 1 aromatic heterocycles. The van der Waals surface area contributed by atoms with E-state index in [0.717, 1.165) is 5.56 Å². The van der Waals surface area contributed by atoms with Crippen molar-refractivity contribution < 1.29 is 9.84 Å². The summed E-state index contributed by atoms with van der Waals surface area (Å²) >= 11 is 0. The van der Waals surface area contributed by atoms with Gasteiger partial charge in [-0.15, -0.1) is 5.10 Å². The largest absolute Gasteiger partial charge is 0.508 e. The van der Waals surface area contributed by atoms with E-state index in [9.17, 15) is 5.11 Å². The quantitative estimate of drug-likeness (QED) is 0.833. The molecule has 5 heteroatoms. The molecule has 0 bridgehead atoms. The number of nitrogens with zero attached hydrogens (tertiary/aromatic N) is 2. The second-order valence-corrected chi connectivity index (χ2v) is 3.61. The number of anilines is 1. The number of benzene rings is 1. The minimum Gasteiger partial charge on any atom is -0.508 e. The zero-order chi connectivity index (χ0) is 12.3. The van der Waals surface area contributed by atoms with Gasteiger partial charge in [0, 0.05) is 6.42 Å². The van der Waals surface area contributed by atoms with Crippen LogP contribution in [-0.4, -0.2) is 22.4 Å². The van der Waals surface area contributed by atoms with Crippen LogP contribution in [0.15, 0.2) is 30.3 Å². The van der Waals surface area contributed by atoms with Crippen LogP contribution in [0.3, 0.4) is 0 Å². The molecule has 0 radical (unpaired) electrons. The minimum absolute atomic E-state index is 0.240. The Morgan fingerprint density at radius 3 is 2.71 bits per heavy atom. The average molecular weight is 231 g/mol. The SMILES string of the molecule is COc1nnc(Cc2ccccc2O)cc1N. The van der Waals surface area contributed by atoms with Gasteiger partial charge in [-0.05, 0) is 17.7 Å². The van der Waals surface area contributed by atoms with Crippen molar-refractivity contribution in [1.82, 2.24) is 10.2 Å². The van der Waals surface area contributed by atoms with E-state index in [0.29, 0.717) is 23.7 Å². The van der Waals surface area contributed by atoms with Gasteiger partial charge in [0.1, 0.15) is 5.75 Å². The zero-order valence-corrected chi connectivity index (χ0v) is 9.42. The molecule has 0 fully saturated rings. The number of phenolic OH excluding ortho intramolecular Hbond substituents is 1. The van der Waals surface area contributed by atoms with Gasteiger partial charge in [0.05, 0.1) is 18.5 Å². The van der Waals surface area contributed by atoms with Gasteiger partial charge in [0.2, 0.25) is 0 Å². The Balaban J connectivity index is 2.25. The first kappa shape index (κ1) is 11.2. The van der Waals surface area contributed by atoms with Gasteiger partial charge in [-0.25, -0.2) is 0 Å².